The number of carbonyl (C=O) groups is 2. The maximum absolute atomic E-state index is 12.5. The molecule has 178 valence electrons. The molecule has 0 saturated heterocycles. The van der Waals surface area contributed by atoms with Gasteiger partial charge in [-0.15, -0.1) is 0 Å². The molecule has 2 aromatic carbocycles. The van der Waals surface area contributed by atoms with Crippen molar-refractivity contribution >= 4 is 41.2 Å². The monoisotopic (exact) mass is 505 g/mol. The molecule has 0 aliphatic rings. The molecule has 0 saturated carbocycles. The summed E-state index contributed by atoms with van der Waals surface area (Å²) in [7, 11) is 4.34. The number of carbonyl (C=O) groups excluding carboxylic acids is 2. The minimum atomic E-state index is -0.540. The van der Waals surface area contributed by atoms with Gasteiger partial charge in [-0.2, -0.15) is 5.10 Å². The van der Waals surface area contributed by atoms with E-state index in [1.165, 1.54) is 39.7 Å². The Kier molecular flexibility index (Phi) is 8.39. The van der Waals surface area contributed by atoms with Gasteiger partial charge in [-0.1, -0.05) is 23.2 Å². The summed E-state index contributed by atoms with van der Waals surface area (Å²) in [4.78, 5) is 24.5. The van der Waals surface area contributed by atoms with E-state index in [1.54, 1.807) is 30.3 Å². The number of methoxy groups -OCH3 is 3. The van der Waals surface area contributed by atoms with Gasteiger partial charge in [0, 0.05) is 16.1 Å². The lowest BCUT2D eigenvalue weighted by Crippen LogP contribution is -2.34. The van der Waals surface area contributed by atoms with Gasteiger partial charge < -0.3 is 23.9 Å². The van der Waals surface area contributed by atoms with Gasteiger partial charge in [-0.05, 0) is 42.5 Å². The fraction of sp³-hybridized carbons (Fsp3) is 0.174. The van der Waals surface area contributed by atoms with Gasteiger partial charge in [-0.25, -0.2) is 5.43 Å². The maximum atomic E-state index is 12.5. The third-order valence-electron chi connectivity index (χ3n) is 4.54. The van der Waals surface area contributed by atoms with Crippen LogP contribution in [0.1, 0.15) is 16.1 Å². The molecule has 0 aliphatic heterocycles. The average Bonchev–Trinajstić information content (AvgIpc) is 3.31. The highest BCUT2D eigenvalue weighted by Crippen LogP contribution is 2.38. The molecule has 0 bridgehead atoms. The SMILES string of the molecule is COc1cc(C(=O)NCC(=O)N/N=C\c2ccc(-c3cc(Cl)ccc3Cl)o2)cc(OC)c1OC. The highest BCUT2D eigenvalue weighted by atomic mass is 35.5. The number of rotatable bonds is 9. The van der Waals surface area contributed by atoms with Gasteiger partial charge in [0.2, 0.25) is 5.75 Å². The number of ether oxygens (including phenoxy) is 3. The van der Waals surface area contributed by atoms with Crippen molar-refractivity contribution < 1.29 is 28.2 Å². The maximum Gasteiger partial charge on any atom is 0.259 e. The van der Waals surface area contributed by atoms with E-state index in [1.807, 2.05) is 0 Å². The van der Waals surface area contributed by atoms with E-state index in [4.69, 9.17) is 41.8 Å². The van der Waals surface area contributed by atoms with Crippen molar-refractivity contribution in [3.05, 3.63) is 63.8 Å². The quantitative estimate of drug-likeness (QED) is 0.333. The second kappa shape index (κ2) is 11.4. The lowest BCUT2D eigenvalue weighted by Gasteiger charge is -2.14. The van der Waals surface area contributed by atoms with Crippen molar-refractivity contribution in [2.75, 3.05) is 27.9 Å². The molecule has 2 amide bonds. The Morgan fingerprint density at radius 1 is 1.00 bits per heavy atom. The minimum absolute atomic E-state index is 0.230. The molecule has 11 heteroatoms. The summed E-state index contributed by atoms with van der Waals surface area (Å²) in [5.41, 5.74) is 3.17. The molecular weight excluding hydrogens is 485 g/mol. The number of nitrogens with zero attached hydrogens (tertiary/aromatic N) is 1. The highest BCUT2D eigenvalue weighted by molar-refractivity contribution is 6.35. The third kappa shape index (κ3) is 6.00. The molecule has 0 atom stereocenters. The first kappa shape index (κ1) is 24.9. The summed E-state index contributed by atoms with van der Waals surface area (Å²) >= 11 is 12.2. The zero-order valence-electron chi connectivity index (χ0n) is 18.5. The Hall–Kier alpha value is -3.69. The van der Waals surface area contributed by atoms with Crippen LogP contribution in [0.3, 0.4) is 0 Å². The first-order valence-corrected chi connectivity index (χ1v) is 10.6. The Morgan fingerprint density at radius 2 is 1.71 bits per heavy atom. The van der Waals surface area contributed by atoms with Crippen LogP contribution in [-0.2, 0) is 4.79 Å². The van der Waals surface area contributed by atoms with Gasteiger partial charge in [-0.3, -0.25) is 9.59 Å². The second-order valence-electron chi connectivity index (χ2n) is 6.72. The van der Waals surface area contributed by atoms with E-state index in [9.17, 15) is 9.59 Å². The van der Waals surface area contributed by atoms with Crippen molar-refractivity contribution in [2.24, 2.45) is 5.10 Å². The Balaban J connectivity index is 1.56. The predicted octanol–water partition coefficient (Wildman–Crippen LogP) is 4.16. The van der Waals surface area contributed by atoms with Crippen LogP contribution in [-0.4, -0.2) is 45.9 Å². The number of hydrazone groups is 1. The molecule has 3 aromatic rings. The number of hydrogen-bond acceptors (Lipinski definition) is 7. The summed E-state index contributed by atoms with van der Waals surface area (Å²) < 4.78 is 21.3. The van der Waals surface area contributed by atoms with Crippen molar-refractivity contribution in [3.63, 3.8) is 0 Å². The van der Waals surface area contributed by atoms with E-state index >= 15 is 0 Å². The topological polar surface area (TPSA) is 111 Å². The van der Waals surface area contributed by atoms with Crippen LogP contribution in [0, 0.1) is 0 Å². The smallest absolute Gasteiger partial charge is 0.259 e. The van der Waals surface area contributed by atoms with Crippen LogP contribution in [0.5, 0.6) is 17.2 Å². The summed E-state index contributed by atoms with van der Waals surface area (Å²) in [6, 6.07) is 11.4. The summed E-state index contributed by atoms with van der Waals surface area (Å²) in [5, 5.41) is 7.33. The lowest BCUT2D eigenvalue weighted by molar-refractivity contribution is -0.120. The molecule has 0 fully saturated rings. The molecule has 1 heterocycles. The zero-order chi connectivity index (χ0) is 24.7. The standard InChI is InChI=1S/C23H21Cl2N3O6/c1-31-19-8-13(9-20(32-2)22(19)33-3)23(30)26-12-21(29)28-27-11-15-5-7-18(34-15)16-10-14(24)4-6-17(16)25/h4-11H,12H2,1-3H3,(H,26,30)(H,28,29)/b27-11-. The molecule has 9 nitrogen and oxygen atoms in total. The first-order chi connectivity index (χ1) is 16.4. The summed E-state index contributed by atoms with van der Waals surface area (Å²) in [6.07, 6.45) is 1.32. The molecule has 0 spiro atoms. The number of hydrogen-bond donors (Lipinski definition) is 2. The predicted molar refractivity (Wildman–Crippen MR) is 128 cm³/mol. The minimum Gasteiger partial charge on any atom is -0.493 e. The highest BCUT2D eigenvalue weighted by Gasteiger charge is 2.17. The number of amides is 2. The first-order valence-electron chi connectivity index (χ1n) is 9.81. The Labute approximate surface area is 205 Å². The van der Waals surface area contributed by atoms with Gasteiger partial charge >= 0.3 is 0 Å². The molecule has 1 aromatic heterocycles. The molecule has 34 heavy (non-hydrogen) atoms. The second-order valence-corrected chi connectivity index (χ2v) is 7.56. The van der Waals surface area contributed by atoms with Crippen LogP contribution >= 0.6 is 23.2 Å². The summed E-state index contributed by atoms with van der Waals surface area (Å²) in [6.45, 7) is -0.311. The summed E-state index contributed by atoms with van der Waals surface area (Å²) in [5.74, 6) is 0.822. The van der Waals surface area contributed by atoms with Crippen LogP contribution in [0.2, 0.25) is 10.0 Å². The molecule has 0 aliphatic carbocycles. The van der Waals surface area contributed by atoms with Crippen molar-refractivity contribution in [1.82, 2.24) is 10.7 Å². The van der Waals surface area contributed by atoms with E-state index in [0.29, 0.717) is 44.4 Å². The molecule has 2 N–H and O–H groups in total. The van der Waals surface area contributed by atoms with E-state index in [2.05, 4.69) is 15.8 Å². The van der Waals surface area contributed by atoms with Crippen LogP contribution in [0.4, 0.5) is 0 Å². The fourth-order valence-electron chi connectivity index (χ4n) is 2.94. The average molecular weight is 506 g/mol. The van der Waals surface area contributed by atoms with Crippen LogP contribution in [0.25, 0.3) is 11.3 Å². The van der Waals surface area contributed by atoms with E-state index in [-0.39, 0.29) is 12.1 Å². The number of benzene rings is 2. The normalized spacial score (nSPS) is 10.7. The number of halogens is 2. The van der Waals surface area contributed by atoms with Crippen molar-refractivity contribution in [1.29, 1.82) is 0 Å². The van der Waals surface area contributed by atoms with Gasteiger partial charge in [0.15, 0.2) is 11.5 Å². The van der Waals surface area contributed by atoms with Crippen LogP contribution < -0.4 is 25.0 Å². The lowest BCUT2D eigenvalue weighted by atomic mass is 10.1. The molecule has 3 rings (SSSR count). The van der Waals surface area contributed by atoms with E-state index in [0.717, 1.165) is 0 Å². The van der Waals surface area contributed by atoms with E-state index < -0.39 is 11.8 Å². The Morgan fingerprint density at radius 3 is 2.35 bits per heavy atom. The molecule has 0 radical (unpaired) electrons. The van der Waals surface area contributed by atoms with Gasteiger partial charge in [0.05, 0.1) is 39.1 Å². The molecule has 0 unspecified atom stereocenters. The zero-order valence-corrected chi connectivity index (χ0v) is 20.0. The van der Waals surface area contributed by atoms with Crippen LogP contribution in [0.15, 0.2) is 52.0 Å². The largest absolute Gasteiger partial charge is 0.493 e. The van der Waals surface area contributed by atoms with Gasteiger partial charge in [0.1, 0.15) is 11.5 Å². The third-order valence-corrected chi connectivity index (χ3v) is 5.10. The Bertz CT molecular complexity index is 1200. The van der Waals surface area contributed by atoms with Gasteiger partial charge in [0.25, 0.3) is 11.8 Å². The number of nitrogens with one attached hydrogen (secondary N) is 2. The van der Waals surface area contributed by atoms with Crippen molar-refractivity contribution in [2.45, 2.75) is 0 Å². The fourth-order valence-corrected chi connectivity index (χ4v) is 3.32. The number of furan rings is 1. The molecular formula is C23H21Cl2N3O6. The van der Waals surface area contributed by atoms with Crippen molar-refractivity contribution in [3.8, 4) is 28.6 Å².